The van der Waals surface area contributed by atoms with Crippen molar-refractivity contribution in [1.29, 1.82) is 0 Å². The lowest BCUT2D eigenvalue weighted by Gasteiger charge is -2.40. The van der Waals surface area contributed by atoms with Crippen molar-refractivity contribution < 1.29 is 29.0 Å². The molecule has 0 aromatic heterocycles. The summed E-state index contributed by atoms with van der Waals surface area (Å²) < 4.78 is 5.92. The normalized spacial score (nSPS) is 18.6. The zero-order chi connectivity index (χ0) is 29.9. The lowest BCUT2D eigenvalue weighted by molar-refractivity contribution is -0.136. The van der Waals surface area contributed by atoms with E-state index in [9.17, 15) is 24.3 Å². The summed E-state index contributed by atoms with van der Waals surface area (Å²) in [5.74, 6) is -0.766. The molecule has 1 fully saturated rings. The van der Waals surface area contributed by atoms with Gasteiger partial charge in [0.1, 0.15) is 6.04 Å². The van der Waals surface area contributed by atoms with Gasteiger partial charge in [-0.05, 0) is 67.3 Å². The Bertz CT molecular complexity index is 1500. The van der Waals surface area contributed by atoms with Crippen molar-refractivity contribution in [3.8, 4) is 0 Å². The lowest BCUT2D eigenvalue weighted by atomic mass is 9.86. The van der Waals surface area contributed by atoms with Gasteiger partial charge in [-0.2, -0.15) is 0 Å². The van der Waals surface area contributed by atoms with Gasteiger partial charge in [0.15, 0.2) is 5.60 Å². The molecule has 4 amide bonds. The second-order valence-electron chi connectivity index (χ2n) is 10.5. The summed E-state index contributed by atoms with van der Waals surface area (Å²) in [6.07, 6.45) is 0.461. The van der Waals surface area contributed by atoms with Crippen molar-refractivity contribution in [2.24, 2.45) is 0 Å². The van der Waals surface area contributed by atoms with Crippen LogP contribution in [0.3, 0.4) is 0 Å². The topological polar surface area (TPSA) is 128 Å². The number of carbonyl (C=O) groups is 4. The third kappa shape index (κ3) is 6.18. The van der Waals surface area contributed by atoms with E-state index in [0.29, 0.717) is 41.3 Å². The molecule has 0 saturated carbocycles. The van der Waals surface area contributed by atoms with Crippen LogP contribution in [0, 0.1) is 0 Å². The number of hydrogen-bond donors (Lipinski definition) is 3. The standard InChI is InChI=1S/C31H31ClN4O6/c1-35(30(40)41)23-12-9-21(10-13-23)27(37)33-26(17-20-7-3-2-4-8-20)28(38)36-16-6-5-15-31(19-36)24-18-22(32)11-14-25(24)34-29(39)42-31/h2-4,7-14,18,26H,5-6,15-17,19H2,1H3,(H,33,37)(H,34,39)(H,40,41)/t26-,31?/m0/s1. The zero-order valence-corrected chi connectivity index (χ0v) is 23.8. The van der Waals surface area contributed by atoms with Crippen molar-refractivity contribution in [3.63, 3.8) is 0 Å². The number of carboxylic acid groups (broad SMARTS) is 1. The van der Waals surface area contributed by atoms with Crippen molar-refractivity contribution in [3.05, 3.63) is 94.5 Å². The van der Waals surface area contributed by atoms with Crippen LogP contribution in [0.25, 0.3) is 0 Å². The quantitative estimate of drug-likeness (QED) is 0.359. The van der Waals surface area contributed by atoms with Gasteiger partial charge in [-0.1, -0.05) is 41.9 Å². The van der Waals surface area contributed by atoms with Crippen LogP contribution in [0.2, 0.25) is 5.02 Å². The number of benzene rings is 3. The number of halogens is 1. The Balaban J connectivity index is 1.42. The molecule has 0 aliphatic carbocycles. The van der Waals surface area contributed by atoms with E-state index in [1.54, 1.807) is 23.1 Å². The van der Waals surface area contributed by atoms with Crippen LogP contribution in [0.4, 0.5) is 21.0 Å². The number of anilines is 2. The van der Waals surface area contributed by atoms with Gasteiger partial charge in [0.25, 0.3) is 5.91 Å². The van der Waals surface area contributed by atoms with E-state index in [1.165, 1.54) is 31.3 Å². The summed E-state index contributed by atoms with van der Waals surface area (Å²) in [4.78, 5) is 54.1. The van der Waals surface area contributed by atoms with Crippen molar-refractivity contribution in [1.82, 2.24) is 10.2 Å². The Morgan fingerprint density at radius 3 is 2.55 bits per heavy atom. The molecule has 218 valence electrons. The summed E-state index contributed by atoms with van der Waals surface area (Å²) in [5.41, 5.74) is 1.78. The molecule has 0 radical (unpaired) electrons. The number of ether oxygens (including phenoxy) is 1. The fourth-order valence-corrected chi connectivity index (χ4v) is 5.67. The molecule has 3 N–H and O–H groups in total. The summed E-state index contributed by atoms with van der Waals surface area (Å²) >= 11 is 6.33. The largest absolute Gasteiger partial charge is 0.465 e. The van der Waals surface area contributed by atoms with E-state index in [-0.39, 0.29) is 24.4 Å². The summed E-state index contributed by atoms with van der Waals surface area (Å²) in [5, 5.41) is 15.3. The number of nitrogens with zero attached hydrogens (tertiary/aromatic N) is 2. The number of amides is 4. The molecule has 2 heterocycles. The number of rotatable bonds is 6. The van der Waals surface area contributed by atoms with Crippen LogP contribution in [0.15, 0.2) is 72.8 Å². The van der Waals surface area contributed by atoms with Gasteiger partial charge < -0.3 is 20.1 Å². The first-order chi connectivity index (χ1) is 20.1. The molecule has 3 aromatic carbocycles. The Morgan fingerprint density at radius 2 is 1.83 bits per heavy atom. The van der Waals surface area contributed by atoms with Crippen LogP contribution < -0.4 is 15.5 Å². The van der Waals surface area contributed by atoms with Gasteiger partial charge in [0.2, 0.25) is 5.91 Å². The predicted molar refractivity (Wildman–Crippen MR) is 158 cm³/mol. The highest BCUT2D eigenvalue weighted by Gasteiger charge is 2.46. The second-order valence-corrected chi connectivity index (χ2v) is 11.0. The Morgan fingerprint density at radius 1 is 1.10 bits per heavy atom. The number of likely N-dealkylation sites (tertiary alicyclic amines) is 1. The second kappa shape index (κ2) is 12.1. The SMILES string of the molecule is CN(C(=O)O)c1ccc(C(=O)N[C@@H](Cc2ccccc2)C(=O)N2CCCCC3(C2)OC(=O)Nc2ccc(Cl)cc23)cc1. The number of nitrogens with one attached hydrogen (secondary N) is 2. The maximum absolute atomic E-state index is 14.2. The van der Waals surface area contributed by atoms with Gasteiger partial charge >= 0.3 is 12.2 Å². The fraction of sp³-hybridized carbons (Fsp3) is 0.290. The highest BCUT2D eigenvalue weighted by molar-refractivity contribution is 6.30. The third-order valence-corrected chi connectivity index (χ3v) is 7.94. The number of fused-ring (bicyclic) bond motifs is 2. The molecule has 42 heavy (non-hydrogen) atoms. The molecule has 3 aromatic rings. The van der Waals surface area contributed by atoms with Crippen molar-refractivity contribution >= 4 is 47.0 Å². The maximum Gasteiger partial charge on any atom is 0.412 e. The fourth-order valence-electron chi connectivity index (χ4n) is 5.50. The lowest BCUT2D eigenvalue weighted by Crippen LogP contribution is -2.54. The first kappa shape index (κ1) is 28.9. The van der Waals surface area contributed by atoms with Gasteiger partial charge in [0.05, 0.1) is 12.2 Å². The Labute approximate surface area is 248 Å². The van der Waals surface area contributed by atoms with Crippen LogP contribution in [-0.4, -0.2) is 60.2 Å². The molecule has 10 nitrogen and oxygen atoms in total. The van der Waals surface area contributed by atoms with E-state index >= 15 is 0 Å². The molecule has 5 rings (SSSR count). The highest BCUT2D eigenvalue weighted by atomic mass is 35.5. The van der Waals surface area contributed by atoms with Gasteiger partial charge in [-0.25, -0.2) is 9.59 Å². The summed E-state index contributed by atoms with van der Waals surface area (Å²) in [6, 6.07) is 19.8. The van der Waals surface area contributed by atoms with Gasteiger partial charge in [0, 0.05) is 41.9 Å². The number of carbonyl (C=O) groups excluding carboxylic acids is 3. The summed E-state index contributed by atoms with van der Waals surface area (Å²) in [7, 11) is 1.41. The molecule has 2 aliphatic heterocycles. The van der Waals surface area contributed by atoms with Gasteiger partial charge in [-0.15, -0.1) is 0 Å². The van der Waals surface area contributed by atoms with Crippen molar-refractivity contribution in [2.45, 2.75) is 37.3 Å². The van der Waals surface area contributed by atoms with Crippen LogP contribution in [0.5, 0.6) is 0 Å². The monoisotopic (exact) mass is 590 g/mol. The molecule has 1 saturated heterocycles. The highest BCUT2D eigenvalue weighted by Crippen LogP contribution is 2.43. The Kier molecular flexibility index (Phi) is 8.35. The summed E-state index contributed by atoms with van der Waals surface area (Å²) in [6.45, 7) is 0.544. The minimum Gasteiger partial charge on any atom is -0.465 e. The van der Waals surface area contributed by atoms with E-state index in [4.69, 9.17) is 16.3 Å². The van der Waals surface area contributed by atoms with E-state index < -0.39 is 29.7 Å². The first-order valence-corrected chi connectivity index (χ1v) is 14.0. The maximum atomic E-state index is 14.2. The minimum absolute atomic E-state index is 0.115. The Hall–Kier alpha value is -4.57. The minimum atomic E-state index is -1.12. The smallest absolute Gasteiger partial charge is 0.412 e. The molecule has 2 aliphatic rings. The zero-order valence-electron chi connectivity index (χ0n) is 23.0. The van der Waals surface area contributed by atoms with Crippen LogP contribution >= 0.6 is 11.6 Å². The van der Waals surface area contributed by atoms with Crippen LogP contribution in [0.1, 0.15) is 40.7 Å². The molecular weight excluding hydrogens is 560 g/mol. The molecule has 2 atom stereocenters. The number of hydrogen-bond acceptors (Lipinski definition) is 5. The average molecular weight is 591 g/mol. The van der Waals surface area contributed by atoms with E-state index in [2.05, 4.69) is 10.6 Å². The van der Waals surface area contributed by atoms with E-state index in [0.717, 1.165) is 16.9 Å². The molecular formula is C31H31ClN4O6. The first-order valence-electron chi connectivity index (χ1n) is 13.7. The molecule has 0 bridgehead atoms. The molecule has 1 spiro atoms. The van der Waals surface area contributed by atoms with Gasteiger partial charge in [-0.3, -0.25) is 19.8 Å². The average Bonchev–Trinajstić information content (AvgIpc) is 3.20. The van der Waals surface area contributed by atoms with E-state index in [1.807, 2.05) is 30.3 Å². The molecule has 1 unspecified atom stereocenters. The predicted octanol–water partition coefficient (Wildman–Crippen LogP) is 5.27. The van der Waals surface area contributed by atoms with Crippen molar-refractivity contribution in [2.75, 3.05) is 30.4 Å². The third-order valence-electron chi connectivity index (χ3n) is 7.70. The molecule has 11 heteroatoms. The van der Waals surface area contributed by atoms with Crippen LogP contribution in [-0.2, 0) is 21.6 Å².